The predicted octanol–water partition coefficient (Wildman–Crippen LogP) is 1.85. The Morgan fingerprint density at radius 3 is 2.53 bits per heavy atom. The highest BCUT2D eigenvalue weighted by atomic mass is 32.2. The summed E-state index contributed by atoms with van der Waals surface area (Å²) in [6.07, 6.45) is -3.37. The summed E-state index contributed by atoms with van der Waals surface area (Å²) in [6, 6.07) is -0.355. The molecule has 7 heteroatoms. The molecule has 0 aromatic rings. The Labute approximate surface area is 89.0 Å². The SMILES string of the molecule is CN(C(=O)C(F)(F)C(F)F)C1CCSC1. The van der Waals surface area contributed by atoms with E-state index in [9.17, 15) is 22.4 Å². The maximum atomic E-state index is 12.7. The van der Waals surface area contributed by atoms with E-state index in [0.29, 0.717) is 12.2 Å². The fourth-order valence-corrected chi connectivity index (χ4v) is 2.59. The van der Waals surface area contributed by atoms with Crippen LogP contribution in [0.2, 0.25) is 0 Å². The lowest BCUT2D eigenvalue weighted by molar-refractivity contribution is -0.180. The molecule has 1 heterocycles. The van der Waals surface area contributed by atoms with Crippen LogP contribution in [-0.2, 0) is 4.79 Å². The lowest BCUT2D eigenvalue weighted by Gasteiger charge is -2.27. The maximum absolute atomic E-state index is 12.7. The highest BCUT2D eigenvalue weighted by Gasteiger charge is 2.51. The summed E-state index contributed by atoms with van der Waals surface area (Å²) in [6.45, 7) is 0. The molecule has 1 saturated heterocycles. The van der Waals surface area contributed by atoms with Gasteiger partial charge in [0.25, 0.3) is 5.91 Å². The molecule has 1 unspecified atom stereocenters. The minimum atomic E-state index is -4.57. The van der Waals surface area contributed by atoms with E-state index in [2.05, 4.69) is 0 Å². The molecule has 0 N–H and O–H groups in total. The molecule has 0 aliphatic carbocycles. The van der Waals surface area contributed by atoms with Gasteiger partial charge in [0, 0.05) is 18.8 Å². The Bertz CT molecular complexity index is 243. The van der Waals surface area contributed by atoms with Gasteiger partial charge in [0.05, 0.1) is 0 Å². The third-order valence-corrected chi connectivity index (χ3v) is 3.48. The third-order valence-electron chi connectivity index (χ3n) is 2.33. The van der Waals surface area contributed by atoms with Crippen molar-refractivity contribution < 1.29 is 22.4 Å². The summed E-state index contributed by atoms with van der Waals surface area (Å²) in [7, 11) is 1.15. The van der Waals surface area contributed by atoms with Gasteiger partial charge in [-0.1, -0.05) is 0 Å². The minimum Gasteiger partial charge on any atom is -0.336 e. The molecule has 1 fully saturated rings. The van der Waals surface area contributed by atoms with Crippen LogP contribution in [0.25, 0.3) is 0 Å². The van der Waals surface area contributed by atoms with Crippen LogP contribution in [0.5, 0.6) is 0 Å². The lowest BCUT2D eigenvalue weighted by atomic mass is 10.2. The molecule has 1 amide bonds. The minimum absolute atomic E-state index is 0.355. The standard InChI is InChI=1S/C8H11F4NOS/c1-13(5-2-3-15-4-5)7(14)8(11,12)6(9)10/h5-6H,2-4H2,1H3. The quantitative estimate of drug-likeness (QED) is 0.707. The average molecular weight is 245 g/mol. The second-order valence-electron chi connectivity index (χ2n) is 3.36. The molecule has 0 aromatic carbocycles. The van der Waals surface area contributed by atoms with Crippen molar-refractivity contribution in [3.05, 3.63) is 0 Å². The molecule has 1 aliphatic heterocycles. The summed E-state index contributed by atoms with van der Waals surface area (Å²) >= 11 is 1.52. The van der Waals surface area contributed by atoms with Gasteiger partial charge in [-0.2, -0.15) is 20.5 Å². The maximum Gasteiger partial charge on any atom is 0.383 e. The highest BCUT2D eigenvalue weighted by Crippen LogP contribution is 2.28. The number of nitrogens with zero attached hydrogens (tertiary/aromatic N) is 1. The molecule has 88 valence electrons. The Hall–Kier alpha value is -0.460. The number of rotatable bonds is 3. The molecule has 1 atom stereocenters. The highest BCUT2D eigenvalue weighted by molar-refractivity contribution is 7.99. The molecule has 0 aromatic heterocycles. The van der Waals surface area contributed by atoms with E-state index in [1.165, 1.54) is 11.8 Å². The van der Waals surface area contributed by atoms with Crippen molar-refractivity contribution >= 4 is 17.7 Å². The lowest BCUT2D eigenvalue weighted by Crippen LogP contribution is -2.49. The molecule has 2 nitrogen and oxygen atoms in total. The van der Waals surface area contributed by atoms with Gasteiger partial charge in [0.15, 0.2) is 0 Å². The Morgan fingerprint density at radius 2 is 2.13 bits per heavy atom. The van der Waals surface area contributed by atoms with Crippen LogP contribution in [0, 0.1) is 0 Å². The van der Waals surface area contributed by atoms with Gasteiger partial charge in [-0.3, -0.25) is 4.79 Å². The first kappa shape index (κ1) is 12.6. The Kier molecular flexibility index (Phi) is 3.86. The van der Waals surface area contributed by atoms with E-state index < -0.39 is 18.3 Å². The zero-order chi connectivity index (χ0) is 11.6. The largest absolute Gasteiger partial charge is 0.383 e. The smallest absolute Gasteiger partial charge is 0.336 e. The topological polar surface area (TPSA) is 20.3 Å². The van der Waals surface area contributed by atoms with E-state index in [0.717, 1.165) is 17.7 Å². The van der Waals surface area contributed by atoms with E-state index in [4.69, 9.17) is 0 Å². The summed E-state index contributed by atoms with van der Waals surface area (Å²) in [5.74, 6) is -5.06. The first-order chi connectivity index (χ1) is 6.87. The predicted molar refractivity (Wildman–Crippen MR) is 49.5 cm³/mol. The van der Waals surface area contributed by atoms with Crippen molar-refractivity contribution in [2.75, 3.05) is 18.6 Å². The van der Waals surface area contributed by atoms with Crippen LogP contribution in [0.15, 0.2) is 0 Å². The van der Waals surface area contributed by atoms with Crippen LogP contribution in [0.4, 0.5) is 17.6 Å². The van der Waals surface area contributed by atoms with Crippen molar-refractivity contribution in [3.8, 4) is 0 Å². The molecule has 15 heavy (non-hydrogen) atoms. The van der Waals surface area contributed by atoms with Gasteiger partial charge in [-0.25, -0.2) is 8.78 Å². The zero-order valence-corrected chi connectivity index (χ0v) is 8.87. The average Bonchev–Trinajstić information content (AvgIpc) is 2.67. The fraction of sp³-hybridized carbons (Fsp3) is 0.875. The summed E-state index contributed by atoms with van der Waals surface area (Å²) < 4.78 is 49.2. The van der Waals surface area contributed by atoms with Crippen molar-refractivity contribution in [2.24, 2.45) is 0 Å². The van der Waals surface area contributed by atoms with Crippen molar-refractivity contribution in [1.29, 1.82) is 0 Å². The van der Waals surface area contributed by atoms with Gasteiger partial charge in [-0.05, 0) is 12.2 Å². The molecule has 1 aliphatic rings. The van der Waals surface area contributed by atoms with Crippen LogP contribution >= 0.6 is 11.8 Å². The third kappa shape index (κ3) is 2.56. The van der Waals surface area contributed by atoms with E-state index in [1.807, 2.05) is 0 Å². The number of carbonyl (C=O) groups is 1. The number of alkyl halides is 4. The summed E-state index contributed by atoms with van der Waals surface area (Å²) in [5, 5.41) is 0. The van der Waals surface area contributed by atoms with Crippen molar-refractivity contribution in [1.82, 2.24) is 4.90 Å². The van der Waals surface area contributed by atoms with Gasteiger partial charge in [0.2, 0.25) is 0 Å². The van der Waals surface area contributed by atoms with E-state index >= 15 is 0 Å². The summed E-state index contributed by atoms with van der Waals surface area (Å²) in [5.41, 5.74) is 0. The molecule has 0 radical (unpaired) electrons. The van der Waals surface area contributed by atoms with Crippen molar-refractivity contribution in [2.45, 2.75) is 24.8 Å². The number of thioether (sulfide) groups is 1. The molecule has 1 rings (SSSR count). The summed E-state index contributed by atoms with van der Waals surface area (Å²) in [4.78, 5) is 11.8. The van der Waals surface area contributed by atoms with E-state index in [-0.39, 0.29) is 6.04 Å². The second-order valence-corrected chi connectivity index (χ2v) is 4.51. The van der Waals surface area contributed by atoms with Crippen LogP contribution in [0.3, 0.4) is 0 Å². The Balaban J connectivity index is 2.66. The van der Waals surface area contributed by atoms with Gasteiger partial charge in [0.1, 0.15) is 0 Å². The molecular formula is C8H11F4NOS. The first-order valence-electron chi connectivity index (χ1n) is 4.38. The molecule has 0 bridgehead atoms. The fourth-order valence-electron chi connectivity index (χ4n) is 1.32. The Morgan fingerprint density at radius 1 is 1.53 bits per heavy atom. The monoisotopic (exact) mass is 245 g/mol. The molecule has 0 spiro atoms. The van der Waals surface area contributed by atoms with E-state index in [1.54, 1.807) is 0 Å². The number of halogens is 4. The van der Waals surface area contributed by atoms with Gasteiger partial charge >= 0.3 is 12.3 Å². The first-order valence-corrected chi connectivity index (χ1v) is 5.53. The number of hydrogen-bond acceptors (Lipinski definition) is 2. The number of hydrogen-bond donors (Lipinski definition) is 0. The van der Waals surface area contributed by atoms with Crippen molar-refractivity contribution in [3.63, 3.8) is 0 Å². The zero-order valence-electron chi connectivity index (χ0n) is 8.05. The number of carbonyl (C=O) groups excluding carboxylic acids is 1. The van der Waals surface area contributed by atoms with Gasteiger partial charge < -0.3 is 4.90 Å². The van der Waals surface area contributed by atoms with Crippen LogP contribution < -0.4 is 0 Å². The van der Waals surface area contributed by atoms with Crippen LogP contribution in [-0.4, -0.2) is 47.8 Å². The number of amides is 1. The van der Waals surface area contributed by atoms with Gasteiger partial charge in [-0.15, -0.1) is 0 Å². The molecule has 0 saturated carbocycles. The normalized spacial score (nSPS) is 22.1. The molecular weight excluding hydrogens is 234 g/mol. The second kappa shape index (κ2) is 4.59. The van der Waals surface area contributed by atoms with Crippen LogP contribution in [0.1, 0.15) is 6.42 Å².